The van der Waals surface area contributed by atoms with Gasteiger partial charge in [0.15, 0.2) is 5.16 Å². The van der Waals surface area contributed by atoms with Gasteiger partial charge in [0, 0.05) is 18.2 Å². The van der Waals surface area contributed by atoms with Crippen LogP contribution in [0.25, 0.3) is 0 Å². The Bertz CT molecular complexity index is 782. The van der Waals surface area contributed by atoms with E-state index in [2.05, 4.69) is 72.9 Å². The molecule has 1 aliphatic rings. The Morgan fingerprint density at radius 3 is 2.33 bits per heavy atom. The molecule has 1 aromatic carbocycles. The summed E-state index contributed by atoms with van der Waals surface area (Å²) in [6.07, 6.45) is 2.40. The number of rotatable bonds is 8. The van der Waals surface area contributed by atoms with Gasteiger partial charge in [-0.05, 0) is 42.7 Å². The molecule has 1 heterocycles. The molecule has 1 fully saturated rings. The first-order valence-electron chi connectivity index (χ1n) is 9.90. The highest BCUT2D eigenvalue weighted by Gasteiger charge is 2.30. The molecule has 146 valence electrons. The molecule has 1 aromatic heterocycles. The van der Waals surface area contributed by atoms with Gasteiger partial charge in [-0.2, -0.15) is 0 Å². The summed E-state index contributed by atoms with van der Waals surface area (Å²) in [5.74, 6) is 2.70. The Balaban J connectivity index is 1.71. The first-order valence-corrected chi connectivity index (χ1v) is 10.9. The molecule has 0 radical (unpaired) electrons. The number of aromatic nitrogens is 3. The number of hydrogen-bond donors (Lipinski definition) is 1. The second-order valence-electron chi connectivity index (χ2n) is 7.82. The molecule has 5 nitrogen and oxygen atoms in total. The Morgan fingerprint density at radius 2 is 1.81 bits per heavy atom. The fourth-order valence-electron chi connectivity index (χ4n) is 3.35. The molecule has 2 aromatic rings. The number of anilines is 1. The maximum absolute atomic E-state index is 12.7. The van der Waals surface area contributed by atoms with Crippen LogP contribution in [0.4, 0.5) is 5.69 Å². The van der Waals surface area contributed by atoms with Crippen LogP contribution < -0.4 is 5.32 Å². The van der Waals surface area contributed by atoms with Crippen LogP contribution in [0.3, 0.4) is 0 Å². The molecule has 0 aliphatic heterocycles. The highest BCUT2D eigenvalue weighted by molar-refractivity contribution is 7.99. The summed E-state index contributed by atoms with van der Waals surface area (Å²) in [6, 6.07) is 6.29. The van der Waals surface area contributed by atoms with Gasteiger partial charge in [-0.15, -0.1) is 10.2 Å². The van der Waals surface area contributed by atoms with E-state index in [0.717, 1.165) is 23.2 Å². The second-order valence-corrected chi connectivity index (χ2v) is 8.76. The van der Waals surface area contributed by atoms with Crippen LogP contribution in [0.1, 0.15) is 82.2 Å². The minimum absolute atomic E-state index is 0.00799. The summed E-state index contributed by atoms with van der Waals surface area (Å²) in [7, 11) is 0. The third-order valence-corrected chi connectivity index (χ3v) is 5.94. The Morgan fingerprint density at radius 1 is 1.19 bits per heavy atom. The van der Waals surface area contributed by atoms with Gasteiger partial charge in [-0.25, -0.2) is 0 Å². The third-order valence-electron chi connectivity index (χ3n) is 4.97. The van der Waals surface area contributed by atoms with E-state index < -0.39 is 0 Å². The van der Waals surface area contributed by atoms with E-state index in [1.807, 2.05) is 0 Å². The zero-order valence-electron chi connectivity index (χ0n) is 17.0. The number of thioether (sulfide) groups is 1. The number of benzene rings is 1. The van der Waals surface area contributed by atoms with Crippen molar-refractivity contribution in [2.24, 2.45) is 0 Å². The molecular formula is C21H30N4OS. The molecule has 0 saturated heterocycles. The standard InChI is InChI=1S/C21H30N4OS/c1-6-25-20(15-10-11-15)23-24-21(25)27-12-18(26)22-19-16(13(2)3)8-7-9-17(19)14(4)5/h7-9,13-15H,6,10-12H2,1-5H3,(H,22,26). The van der Waals surface area contributed by atoms with Gasteiger partial charge in [0.2, 0.25) is 5.91 Å². The van der Waals surface area contributed by atoms with E-state index in [1.165, 1.54) is 35.7 Å². The van der Waals surface area contributed by atoms with Gasteiger partial charge in [0.25, 0.3) is 0 Å². The first-order chi connectivity index (χ1) is 12.9. The van der Waals surface area contributed by atoms with Crippen molar-refractivity contribution in [3.63, 3.8) is 0 Å². The van der Waals surface area contributed by atoms with Crippen molar-refractivity contribution >= 4 is 23.4 Å². The van der Waals surface area contributed by atoms with Gasteiger partial charge in [-0.1, -0.05) is 57.7 Å². The lowest BCUT2D eigenvalue weighted by molar-refractivity contribution is -0.113. The van der Waals surface area contributed by atoms with Gasteiger partial charge in [0.05, 0.1) is 5.75 Å². The Hall–Kier alpha value is -1.82. The molecule has 1 amide bonds. The summed E-state index contributed by atoms with van der Waals surface area (Å²) in [4.78, 5) is 12.7. The van der Waals surface area contributed by atoms with Crippen molar-refractivity contribution in [2.45, 2.75) is 76.9 Å². The molecule has 27 heavy (non-hydrogen) atoms. The Labute approximate surface area is 166 Å². The van der Waals surface area contributed by atoms with Crippen LogP contribution in [-0.2, 0) is 11.3 Å². The summed E-state index contributed by atoms with van der Waals surface area (Å²) < 4.78 is 2.15. The normalized spacial score (nSPS) is 14.2. The Kier molecular flexibility index (Phi) is 6.25. The average molecular weight is 387 g/mol. The van der Waals surface area contributed by atoms with E-state index in [0.29, 0.717) is 23.5 Å². The fraction of sp³-hybridized carbons (Fsp3) is 0.571. The van der Waals surface area contributed by atoms with Crippen molar-refractivity contribution in [3.05, 3.63) is 35.2 Å². The highest BCUT2D eigenvalue weighted by atomic mass is 32.2. The smallest absolute Gasteiger partial charge is 0.234 e. The number of nitrogens with zero attached hydrogens (tertiary/aromatic N) is 3. The highest BCUT2D eigenvalue weighted by Crippen LogP contribution is 2.40. The largest absolute Gasteiger partial charge is 0.325 e. The van der Waals surface area contributed by atoms with Crippen LogP contribution in [0, 0.1) is 0 Å². The van der Waals surface area contributed by atoms with Gasteiger partial charge in [-0.3, -0.25) is 4.79 Å². The van der Waals surface area contributed by atoms with E-state index in [-0.39, 0.29) is 5.91 Å². The van der Waals surface area contributed by atoms with Crippen molar-refractivity contribution in [2.75, 3.05) is 11.1 Å². The summed E-state index contributed by atoms with van der Waals surface area (Å²) in [5.41, 5.74) is 3.35. The minimum atomic E-state index is 0.00799. The number of amides is 1. The summed E-state index contributed by atoms with van der Waals surface area (Å²) in [5, 5.41) is 12.7. The molecule has 3 rings (SSSR count). The third kappa shape index (κ3) is 4.54. The van der Waals surface area contributed by atoms with E-state index in [1.54, 1.807) is 0 Å². The SMILES string of the molecule is CCn1c(SCC(=O)Nc2c(C(C)C)cccc2C(C)C)nnc1C1CC1. The van der Waals surface area contributed by atoms with Crippen molar-refractivity contribution in [1.29, 1.82) is 0 Å². The lowest BCUT2D eigenvalue weighted by Crippen LogP contribution is -2.18. The number of hydrogen-bond acceptors (Lipinski definition) is 4. The lowest BCUT2D eigenvalue weighted by Gasteiger charge is -2.20. The van der Waals surface area contributed by atoms with Crippen LogP contribution in [0.15, 0.2) is 23.4 Å². The van der Waals surface area contributed by atoms with Gasteiger partial charge in [0.1, 0.15) is 5.82 Å². The van der Waals surface area contributed by atoms with E-state index in [4.69, 9.17) is 0 Å². The number of carbonyl (C=O) groups is 1. The van der Waals surface area contributed by atoms with E-state index >= 15 is 0 Å². The fourth-order valence-corrected chi connectivity index (χ4v) is 4.16. The molecule has 0 atom stereocenters. The molecule has 1 aliphatic carbocycles. The molecule has 0 bridgehead atoms. The summed E-state index contributed by atoms with van der Waals surface area (Å²) in [6.45, 7) is 11.6. The monoisotopic (exact) mass is 386 g/mol. The summed E-state index contributed by atoms with van der Waals surface area (Å²) >= 11 is 1.47. The van der Waals surface area contributed by atoms with E-state index in [9.17, 15) is 4.79 Å². The molecule has 1 N–H and O–H groups in total. The maximum Gasteiger partial charge on any atom is 0.234 e. The quantitative estimate of drug-likeness (QED) is 0.637. The zero-order chi connectivity index (χ0) is 19.6. The number of para-hydroxylation sites is 1. The molecule has 1 saturated carbocycles. The average Bonchev–Trinajstić information content (AvgIpc) is 3.39. The number of carbonyl (C=O) groups excluding carboxylic acids is 1. The van der Waals surface area contributed by atoms with Crippen molar-refractivity contribution in [3.8, 4) is 0 Å². The molecule has 0 spiro atoms. The van der Waals surface area contributed by atoms with Crippen LogP contribution in [-0.4, -0.2) is 26.4 Å². The second kappa shape index (κ2) is 8.46. The van der Waals surface area contributed by atoms with Crippen molar-refractivity contribution < 1.29 is 4.79 Å². The maximum atomic E-state index is 12.7. The predicted molar refractivity (Wildman–Crippen MR) is 112 cm³/mol. The van der Waals surface area contributed by atoms with Crippen molar-refractivity contribution in [1.82, 2.24) is 14.8 Å². The topological polar surface area (TPSA) is 59.8 Å². The minimum Gasteiger partial charge on any atom is -0.325 e. The van der Waals surface area contributed by atoms with Crippen LogP contribution >= 0.6 is 11.8 Å². The molecule has 6 heteroatoms. The van der Waals surface area contributed by atoms with Crippen LogP contribution in [0.5, 0.6) is 0 Å². The lowest BCUT2D eigenvalue weighted by atomic mass is 9.92. The number of nitrogens with one attached hydrogen (secondary N) is 1. The first kappa shape index (κ1) is 19.9. The molecule has 0 unspecified atom stereocenters. The van der Waals surface area contributed by atoms with Gasteiger partial charge < -0.3 is 9.88 Å². The predicted octanol–water partition coefficient (Wildman–Crippen LogP) is 5.15. The molecular weight excluding hydrogens is 356 g/mol. The zero-order valence-corrected chi connectivity index (χ0v) is 17.8. The van der Waals surface area contributed by atoms with Crippen LogP contribution in [0.2, 0.25) is 0 Å². The van der Waals surface area contributed by atoms with Gasteiger partial charge >= 0.3 is 0 Å².